The van der Waals surface area contributed by atoms with E-state index in [9.17, 15) is 0 Å². The molecule has 8 aromatic carbocycles. The fraction of sp³-hybridized carbons (Fsp3) is 0.167. The minimum atomic E-state index is -0.364. The van der Waals surface area contributed by atoms with Crippen LogP contribution in [0.2, 0.25) is 0 Å². The molecule has 0 nitrogen and oxygen atoms in total. The maximum absolute atomic E-state index is 2.62. The van der Waals surface area contributed by atoms with E-state index in [-0.39, 0.29) is 16.2 Å². The Morgan fingerprint density at radius 2 is 0.983 bits per heavy atom. The van der Waals surface area contributed by atoms with Gasteiger partial charge >= 0.3 is 0 Å². The second kappa shape index (κ2) is 13.3. The van der Waals surface area contributed by atoms with Gasteiger partial charge in [0.2, 0.25) is 0 Å². The van der Waals surface area contributed by atoms with Gasteiger partial charge in [0.1, 0.15) is 0 Å². The predicted molar refractivity (Wildman–Crippen MR) is 256 cm³/mol. The first kappa shape index (κ1) is 36.6. The average molecular weight is 771 g/mol. The molecule has 0 heteroatoms. The van der Waals surface area contributed by atoms with Crippen LogP contribution in [0.1, 0.15) is 80.5 Å². The summed E-state index contributed by atoms with van der Waals surface area (Å²) in [4.78, 5) is 0. The molecule has 60 heavy (non-hydrogen) atoms. The van der Waals surface area contributed by atoms with Gasteiger partial charge in [-0.15, -0.1) is 0 Å². The van der Waals surface area contributed by atoms with Crippen molar-refractivity contribution in [3.63, 3.8) is 0 Å². The van der Waals surface area contributed by atoms with E-state index in [0.29, 0.717) is 0 Å². The van der Waals surface area contributed by atoms with Crippen LogP contribution < -0.4 is 0 Å². The first-order valence-corrected chi connectivity index (χ1v) is 21.6. The van der Waals surface area contributed by atoms with E-state index in [0.717, 1.165) is 6.42 Å². The molecule has 0 N–H and O–H groups in total. The SMILES string of the molecule is CC(C)(C)c1c2c(c(-c3ccc(-c4ccccc4)cc3)c3cc(C4(C(C)(C)C)C5=Cc6ccccc6C5=C4c4ccc(-c5ccccc5)cc4)ccc13)-c1ccccc1C2. The largest absolute Gasteiger partial charge is 0.0622 e. The maximum Gasteiger partial charge on any atom is 0.0518 e. The molecule has 0 amide bonds. The van der Waals surface area contributed by atoms with E-state index >= 15 is 0 Å². The molecule has 1 atom stereocenters. The van der Waals surface area contributed by atoms with Crippen LogP contribution in [0.3, 0.4) is 0 Å². The van der Waals surface area contributed by atoms with Crippen molar-refractivity contribution in [1.29, 1.82) is 0 Å². The molecular formula is C60H50. The lowest BCUT2D eigenvalue weighted by atomic mass is 9.45. The van der Waals surface area contributed by atoms with E-state index in [4.69, 9.17) is 0 Å². The van der Waals surface area contributed by atoms with Gasteiger partial charge in [0.05, 0.1) is 5.41 Å². The van der Waals surface area contributed by atoms with Gasteiger partial charge in [-0.3, -0.25) is 0 Å². The second-order valence-electron chi connectivity index (χ2n) is 19.2. The monoisotopic (exact) mass is 770 g/mol. The third-order valence-electron chi connectivity index (χ3n) is 13.8. The molecule has 1 unspecified atom stereocenters. The minimum absolute atomic E-state index is 0.0614. The quantitative estimate of drug-likeness (QED) is 0.163. The molecule has 0 fully saturated rings. The van der Waals surface area contributed by atoms with Gasteiger partial charge in [-0.2, -0.15) is 0 Å². The Kier molecular flexibility index (Phi) is 8.08. The van der Waals surface area contributed by atoms with Crippen molar-refractivity contribution in [2.24, 2.45) is 5.41 Å². The lowest BCUT2D eigenvalue weighted by Gasteiger charge is -2.56. The summed E-state index contributed by atoms with van der Waals surface area (Å²) in [5.74, 6) is 0. The van der Waals surface area contributed by atoms with Crippen LogP contribution in [0, 0.1) is 5.41 Å². The Labute approximate surface area is 355 Å². The Bertz CT molecular complexity index is 3070. The number of allylic oxidation sites excluding steroid dienone is 3. The van der Waals surface area contributed by atoms with Gasteiger partial charge in [-0.05, 0) is 140 Å². The Morgan fingerprint density at radius 3 is 1.60 bits per heavy atom. The molecule has 0 spiro atoms. The van der Waals surface area contributed by atoms with E-state index < -0.39 is 0 Å². The third kappa shape index (κ3) is 5.29. The molecule has 0 aliphatic heterocycles. The van der Waals surface area contributed by atoms with Gasteiger partial charge in [0, 0.05) is 0 Å². The summed E-state index contributed by atoms with van der Waals surface area (Å²) in [6.45, 7) is 14.6. The van der Waals surface area contributed by atoms with Crippen LogP contribution >= 0.6 is 0 Å². The molecule has 3 aliphatic rings. The first-order chi connectivity index (χ1) is 29.0. The van der Waals surface area contributed by atoms with E-state index in [1.165, 1.54) is 111 Å². The first-order valence-electron chi connectivity index (χ1n) is 21.6. The predicted octanol–water partition coefficient (Wildman–Crippen LogP) is 16.0. The summed E-state index contributed by atoms with van der Waals surface area (Å²) in [7, 11) is 0. The summed E-state index contributed by atoms with van der Waals surface area (Å²) in [6.07, 6.45) is 3.46. The van der Waals surface area contributed by atoms with Crippen LogP contribution in [0.25, 0.3) is 72.5 Å². The number of benzene rings is 8. The molecule has 8 aromatic rings. The van der Waals surface area contributed by atoms with Gasteiger partial charge < -0.3 is 0 Å². The van der Waals surface area contributed by atoms with Crippen molar-refractivity contribution >= 4 is 28.0 Å². The molecule has 0 radical (unpaired) electrons. The molecule has 11 rings (SSSR count). The summed E-state index contributed by atoms with van der Waals surface area (Å²) >= 11 is 0. The standard InChI is InChI=1S/C60H50/c1-58(2,3)57-49-34-33-46(37-50(49)53(54-47-23-15-13-21-44(47)35-51(54)57)42-29-25-40(26-30-42)38-17-9-7-10-18-38)60(59(4,5)6)52-36-45-22-14-16-24-48(45)55(52)56(60)43-31-27-41(28-32-43)39-19-11-8-12-20-39/h7-34,36-37H,35H2,1-6H3. The molecule has 0 bridgehead atoms. The molecule has 290 valence electrons. The Hall–Kier alpha value is -6.50. The van der Waals surface area contributed by atoms with Gasteiger partial charge in [-0.25, -0.2) is 0 Å². The van der Waals surface area contributed by atoms with Gasteiger partial charge in [-0.1, -0.05) is 211 Å². The highest BCUT2D eigenvalue weighted by molar-refractivity contribution is 6.21. The van der Waals surface area contributed by atoms with E-state index in [2.05, 4.69) is 224 Å². The third-order valence-corrected chi connectivity index (χ3v) is 13.8. The van der Waals surface area contributed by atoms with Crippen molar-refractivity contribution in [3.05, 3.63) is 220 Å². The second-order valence-corrected chi connectivity index (χ2v) is 19.2. The topological polar surface area (TPSA) is 0 Å². The Morgan fingerprint density at radius 1 is 0.450 bits per heavy atom. The lowest BCUT2D eigenvalue weighted by Crippen LogP contribution is -2.48. The molecule has 0 saturated carbocycles. The number of rotatable bonds is 5. The average Bonchev–Trinajstić information content (AvgIpc) is 3.79. The lowest BCUT2D eigenvalue weighted by molar-refractivity contribution is 0.285. The molecule has 3 aliphatic carbocycles. The molecule has 0 heterocycles. The zero-order valence-corrected chi connectivity index (χ0v) is 35.5. The fourth-order valence-corrected chi connectivity index (χ4v) is 11.4. The molecular weight excluding hydrogens is 721 g/mol. The van der Waals surface area contributed by atoms with E-state index in [1.54, 1.807) is 0 Å². The van der Waals surface area contributed by atoms with Gasteiger partial charge in [0.15, 0.2) is 0 Å². The highest BCUT2D eigenvalue weighted by Gasteiger charge is 2.59. The number of hydrogen-bond donors (Lipinski definition) is 0. The molecule has 0 saturated heterocycles. The maximum atomic E-state index is 2.62. The van der Waals surface area contributed by atoms with Crippen LogP contribution in [0.5, 0.6) is 0 Å². The van der Waals surface area contributed by atoms with Crippen LogP contribution in [0.4, 0.5) is 0 Å². The smallest absolute Gasteiger partial charge is 0.0518 e. The zero-order valence-electron chi connectivity index (χ0n) is 35.5. The molecule has 0 aromatic heterocycles. The summed E-state index contributed by atoms with van der Waals surface area (Å²) in [5.41, 5.74) is 23.8. The highest BCUT2D eigenvalue weighted by Crippen LogP contribution is 2.70. The van der Waals surface area contributed by atoms with Crippen LogP contribution in [0.15, 0.2) is 181 Å². The van der Waals surface area contributed by atoms with Crippen LogP contribution in [-0.4, -0.2) is 0 Å². The van der Waals surface area contributed by atoms with E-state index in [1.807, 2.05) is 0 Å². The van der Waals surface area contributed by atoms with Crippen molar-refractivity contribution in [2.75, 3.05) is 0 Å². The summed E-state index contributed by atoms with van der Waals surface area (Å²) in [5, 5.41) is 2.71. The highest BCUT2D eigenvalue weighted by atomic mass is 14.6. The van der Waals surface area contributed by atoms with Gasteiger partial charge in [0.25, 0.3) is 0 Å². The van der Waals surface area contributed by atoms with Crippen molar-refractivity contribution < 1.29 is 0 Å². The number of fused-ring (bicyclic) bond motifs is 7. The van der Waals surface area contributed by atoms with Crippen LogP contribution in [-0.2, 0) is 17.3 Å². The Balaban J connectivity index is 1.21. The fourth-order valence-electron chi connectivity index (χ4n) is 11.4. The van der Waals surface area contributed by atoms with Crippen molar-refractivity contribution in [1.82, 2.24) is 0 Å². The summed E-state index contributed by atoms with van der Waals surface area (Å²) < 4.78 is 0. The zero-order chi connectivity index (χ0) is 41.0. The van der Waals surface area contributed by atoms with Crippen molar-refractivity contribution in [2.45, 2.75) is 58.8 Å². The van der Waals surface area contributed by atoms with Crippen molar-refractivity contribution in [3.8, 4) is 44.5 Å². The summed E-state index contributed by atoms with van der Waals surface area (Å²) in [6, 6.07) is 66.1. The minimum Gasteiger partial charge on any atom is -0.0622 e. The normalized spacial score (nSPS) is 16.5. The number of hydrogen-bond acceptors (Lipinski definition) is 0.